The Hall–Kier alpha value is 1.46. The van der Waals surface area contributed by atoms with E-state index in [4.69, 9.17) is 0 Å². The van der Waals surface area contributed by atoms with E-state index in [-0.39, 0.29) is 0 Å². The molecule has 0 N–H and O–H groups in total. The molecule has 0 rings (SSSR count). The van der Waals surface area contributed by atoms with Crippen molar-refractivity contribution in [3.05, 3.63) is 0 Å². The molecule has 58 valence electrons. The van der Waals surface area contributed by atoms with Gasteiger partial charge in [-0.05, 0) is 0 Å². The minimum atomic E-state index is 0.327. The Labute approximate surface area is 88.9 Å². The Balaban J connectivity index is 4.15. The van der Waals surface area contributed by atoms with Gasteiger partial charge in [0.15, 0.2) is 0 Å². The number of hydrogen-bond donors (Lipinski definition) is 0. The monoisotopic (exact) mass is 282 g/mol. The molecule has 0 saturated carbocycles. The summed E-state index contributed by atoms with van der Waals surface area (Å²) >= 11 is 1.88. The van der Waals surface area contributed by atoms with E-state index in [1.807, 2.05) is 0 Å². The zero-order valence-corrected chi connectivity index (χ0v) is 12.6. The molecule has 0 aromatic heterocycles. The molecule has 1 nitrogen and oxygen atoms in total. The Bertz CT molecular complexity index is 114. The van der Waals surface area contributed by atoms with Gasteiger partial charge in [0.2, 0.25) is 0 Å². The number of rotatable bonds is 4. The predicted molar refractivity (Wildman–Crippen MR) is 47.9 cm³/mol. The van der Waals surface area contributed by atoms with Crippen molar-refractivity contribution in [3.8, 4) is 0 Å². The summed E-state index contributed by atoms with van der Waals surface area (Å²) in [5, 5.41) is 4.01. The third-order valence-electron chi connectivity index (χ3n) is 2.06. The molecule has 0 aliphatic carbocycles. The molecule has 0 radical (unpaired) electrons. The number of alkyl halides is 2. The average Bonchev–Trinajstić information content (AvgIpc) is 2.01. The van der Waals surface area contributed by atoms with Gasteiger partial charge in [-0.25, -0.2) is 0 Å². The van der Waals surface area contributed by atoms with Crippen LogP contribution in [0.1, 0.15) is 20.3 Å². The fourth-order valence-electron chi connectivity index (χ4n) is 0.707. The van der Waals surface area contributed by atoms with Gasteiger partial charge < -0.3 is 0 Å². The van der Waals surface area contributed by atoms with Crippen LogP contribution in [0.4, 0.5) is 0 Å². The molecule has 0 bridgehead atoms. The Kier molecular flexibility index (Phi) is 5.93. The normalized spacial score (nSPS) is 15.9. The first-order valence-electron chi connectivity index (χ1n) is 3.46. The fourth-order valence-corrected chi connectivity index (χ4v) is 5.49. The topological polar surface area (TPSA) is 3.24 Å². The summed E-state index contributed by atoms with van der Waals surface area (Å²) in [5.41, 5.74) is 0. The van der Waals surface area contributed by atoms with E-state index < -0.39 is 0 Å². The van der Waals surface area contributed by atoms with Crippen molar-refractivity contribution >= 4 is 36.9 Å². The fraction of sp³-hybridized carbons (Fsp3) is 0.833. The molecule has 0 aromatic rings. The van der Waals surface area contributed by atoms with Crippen LogP contribution >= 0.6 is 0 Å². The van der Waals surface area contributed by atoms with Gasteiger partial charge in [-0.15, -0.1) is 0 Å². The summed E-state index contributed by atoms with van der Waals surface area (Å²) in [5.74, 6) is 0. The van der Waals surface area contributed by atoms with Gasteiger partial charge in [0.05, 0.1) is 0 Å². The zero-order chi connectivity index (χ0) is 8.20. The van der Waals surface area contributed by atoms with Crippen molar-refractivity contribution in [2.45, 2.75) is 23.8 Å². The number of halogens is 1. The molecule has 0 aromatic carbocycles. The van der Waals surface area contributed by atoms with Gasteiger partial charge in [0.25, 0.3) is 0 Å². The molecule has 0 spiro atoms. The zero-order valence-electron chi connectivity index (χ0n) is 7.32. The molecule has 1 atom stereocenters. The molecular formula is C6H15Al2IN-. The van der Waals surface area contributed by atoms with Crippen LogP contribution in [0.2, 0.25) is 0 Å². The maximum absolute atomic E-state index is 4.01. The maximum atomic E-state index is 4.01. The van der Waals surface area contributed by atoms with E-state index in [1.54, 1.807) is 0 Å². The van der Waals surface area contributed by atoms with Crippen molar-refractivity contribution in [3.63, 3.8) is 0 Å². The summed E-state index contributed by atoms with van der Waals surface area (Å²) in [6, 6.07) is 0. The molecule has 0 amide bonds. The quantitative estimate of drug-likeness (QED) is 0.226. The van der Waals surface area contributed by atoms with Crippen LogP contribution < -0.4 is 21.2 Å². The summed E-state index contributed by atoms with van der Waals surface area (Å²) in [6.07, 6.45) is 1.31. The number of hydrogen-bond acceptors (Lipinski definition) is 1. The first-order valence-corrected chi connectivity index (χ1v) is 8.93. The van der Waals surface area contributed by atoms with Crippen LogP contribution in [0.3, 0.4) is 0 Å². The van der Waals surface area contributed by atoms with Crippen LogP contribution in [0, 0.1) is 0 Å². The van der Waals surface area contributed by atoms with E-state index in [0.29, 0.717) is 39.8 Å². The molecule has 0 aliphatic rings. The van der Waals surface area contributed by atoms with Crippen molar-refractivity contribution in [2.24, 2.45) is 0 Å². The van der Waals surface area contributed by atoms with Gasteiger partial charge in [0.1, 0.15) is 0 Å². The Morgan fingerprint density at radius 3 is 2.40 bits per heavy atom. The Morgan fingerprint density at radius 1 is 1.80 bits per heavy atom. The second-order valence-corrected chi connectivity index (χ2v) is 9.02. The summed E-state index contributed by atoms with van der Waals surface area (Å²) in [7, 11) is 0. The van der Waals surface area contributed by atoms with E-state index in [0.717, 1.165) is 0 Å². The molecule has 1 unspecified atom stereocenters. The van der Waals surface area contributed by atoms with Gasteiger partial charge in [-0.1, -0.05) is 0 Å². The van der Waals surface area contributed by atoms with E-state index in [2.05, 4.69) is 27.0 Å². The SMILES string of the molecule is [CH2]=[Al][N]([AlH2])C(C)(CC)[I-]C. The number of nitrogens with zero attached hydrogens (tertiary/aromatic N) is 1. The molecule has 0 aliphatic heterocycles. The third kappa shape index (κ3) is 2.84. The second-order valence-electron chi connectivity index (χ2n) is 2.48. The van der Waals surface area contributed by atoms with Crippen molar-refractivity contribution in [2.75, 3.05) is 4.93 Å². The van der Waals surface area contributed by atoms with Gasteiger partial charge in [-0.2, -0.15) is 0 Å². The van der Waals surface area contributed by atoms with Crippen molar-refractivity contribution in [1.29, 1.82) is 0 Å². The summed E-state index contributed by atoms with van der Waals surface area (Å²) < 4.78 is 3.16. The summed E-state index contributed by atoms with van der Waals surface area (Å²) in [4.78, 5) is 2.38. The van der Waals surface area contributed by atoms with Crippen LogP contribution in [-0.2, 0) is 0 Å². The molecule has 4 heteroatoms. The van der Waals surface area contributed by atoms with Crippen LogP contribution in [0.15, 0.2) is 0 Å². The van der Waals surface area contributed by atoms with Gasteiger partial charge in [0, 0.05) is 0 Å². The van der Waals surface area contributed by atoms with Gasteiger partial charge in [-0.3, -0.25) is 0 Å². The standard InChI is InChI=1S/C5H11IN.CH2.2Al.2H/c1-4-5(2,7)6-3;;;;;/h4H2,1-3H3;1H2;;;;/q-1;;;;;. The predicted octanol–water partition coefficient (Wildman–Crippen LogP) is -3.27. The van der Waals surface area contributed by atoms with E-state index >= 15 is 0 Å². The van der Waals surface area contributed by atoms with E-state index in [1.165, 1.54) is 22.9 Å². The molecule has 10 heavy (non-hydrogen) atoms. The summed E-state index contributed by atoms with van der Waals surface area (Å²) in [6.45, 7) is 4.69. The van der Waals surface area contributed by atoms with Crippen molar-refractivity contribution in [1.82, 2.24) is 2.87 Å². The van der Waals surface area contributed by atoms with Crippen LogP contribution in [0.25, 0.3) is 0 Å². The Morgan fingerprint density at radius 2 is 2.30 bits per heavy atom. The molecule has 0 fully saturated rings. The molecular weight excluding hydrogens is 267 g/mol. The molecule has 0 heterocycles. The molecule has 0 saturated heterocycles. The van der Waals surface area contributed by atoms with E-state index in [9.17, 15) is 0 Å². The minimum absolute atomic E-state index is 0.327. The first-order chi connectivity index (χ1) is 4.60. The van der Waals surface area contributed by atoms with Gasteiger partial charge >= 0.3 is 89.7 Å². The van der Waals surface area contributed by atoms with Crippen LogP contribution in [-0.4, -0.2) is 48.2 Å². The third-order valence-corrected chi connectivity index (χ3v) is 10.5. The van der Waals surface area contributed by atoms with Crippen LogP contribution in [0.5, 0.6) is 0 Å². The average molecular weight is 282 g/mol. The van der Waals surface area contributed by atoms with Crippen molar-refractivity contribution < 1.29 is 21.2 Å². The second kappa shape index (κ2) is 5.17. The first kappa shape index (κ1) is 11.5.